The number of nitrogen functional groups attached to an aromatic ring is 1. The van der Waals surface area contributed by atoms with Crippen molar-refractivity contribution in [1.29, 1.82) is 0 Å². The van der Waals surface area contributed by atoms with Gasteiger partial charge in [-0.15, -0.1) is 0 Å². The van der Waals surface area contributed by atoms with Gasteiger partial charge in [0.1, 0.15) is 24.1 Å². The third-order valence-corrected chi connectivity index (χ3v) is 4.93. The molecule has 1 saturated heterocycles. The lowest BCUT2D eigenvalue weighted by Crippen LogP contribution is -2.49. The number of nitro groups is 1. The van der Waals surface area contributed by atoms with Crippen LogP contribution in [0.3, 0.4) is 0 Å². The van der Waals surface area contributed by atoms with E-state index in [4.69, 9.17) is 22.1 Å². The largest absolute Gasteiger partial charge is 0.491 e. The summed E-state index contributed by atoms with van der Waals surface area (Å²) in [6.45, 7) is 3.91. The van der Waals surface area contributed by atoms with Gasteiger partial charge in [-0.3, -0.25) is 15.0 Å². The highest BCUT2D eigenvalue weighted by Crippen LogP contribution is 2.26. The Morgan fingerprint density at radius 3 is 2.50 bits per heavy atom. The minimum absolute atomic E-state index is 0.0540. The van der Waals surface area contributed by atoms with Gasteiger partial charge in [0.05, 0.1) is 11.0 Å². The number of benzene rings is 2. The molecule has 1 unspecified atom stereocenters. The van der Waals surface area contributed by atoms with Crippen molar-refractivity contribution in [2.24, 2.45) is 0 Å². The zero-order chi connectivity index (χ0) is 20.1. The van der Waals surface area contributed by atoms with Gasteiger partial charge in [-0.05, 0) is 36.4 Å². The minimum Gasteiger partial charge on any atom is -0.491 e. The van der Waals surface area contributed by atoms with E-state index >= 15 is 0 Å². The molecule has 0 amide bonds. The van der Waals surface area contributed by atoms with Crippen LogP contribution in [0.2, 0.25) is 5.02 Å². The molecule has 1 aliphatic rings. The summed E-state index contributed by atoms with van der Waals surface area (Å²) in [7, 11) is 0. The standard InChI is InChI=1S/C19H23ClN4O4/c20-14-1-3-15(4-2-14)23-9-7-22(8-10-23)12-16(25)13-28-17-5-6-18(21)19(11-17)24(26)27/h1-6,11,16,25H,7-10,12-13,21H2. The fourth-order valence-corrected chi connectivity index (χ4v) is 3.28. The maximum atomic E-state index is 10.9. The molecule has 1 fully saturated rings. The van der Waals surface area contributed by atoms with Crippen molar-refractivity contribution in [1.82, 2.24) is 4.90 Å². The molecule has 3 N–H and O–H groups in total. The lowest BCUT2D eigenvalue weighted by molar-refractivity contribution is -0.384. The maximum Gasteiger partial charge on any atom is 0.295 e. The van der Waals surface area contributed by atoms with Crippen LogP contribution >= 0.6 is 11.6 Å². The van der Waals surface area contributed by atoms with Gasteiger partial charge in [0, 0.05) is 43.4 Å². The van der Waals surface area contributed by atoms with Crippen molar-refractivity contribution >= 4 is 28.7 Å². The van der Waals surface area contributed by atoms with E-state index in [9.17, 15) is 15.2 Å². The highest BCUT2D eigenvalue weighted by atomic mass is 35.5. The van der Waals surface area contributed by atoms with Crippen molar-refractivity contribution < 1.29 is 14.8 Å². The molecule has 1 atom stereocenters. The lowest BCUT2D eigenvalue weighted by atomic mass is 10.2. The summed E-state index contributed by atoms with van der Waals surface area (Å²) >= 11 is 5.93. The Labute approximate surface area is 168 Å². The number of nitrogens with two attached hydrogens (primary N) is 1. The predicted molar refractivity (Wildman–Crippen MR) is 109 cm³/mol. The number of aliphatic hydroxyl groups is 1. The highest BCUT2D eigenvalue weighted by Gasteiger charge is 2.20. The SMILES string of the molecule is Nc1ccc(OCC(O)CN2CCN(c3ccc(Cl)cc3)CC2)cc1[N+](=O)[O-]. The second-order valence-electron chi connectivity index (χ2n) is 6.71. The third-order valence-electron chi connectivity index (χ3n) is 4.67. The summed E-state index contributed by atoms with van der Waals surface area (Å²) in [5, 5.41) is 21.9. The number of halogens is 1. The fraction of sp³-hybridized carbons (Fsp3) is 0.368. The number of aliphatic hydroxyl groups excluding tert-OH is 1. The van der Waals surface area contributed by atoms with E-state index in [1.54, 1.807) is 6.07 Å². The van der Waals surface area contributed by atoms with E-state index in [-0.39, 0.29) is 18.0 Å². The molecule has 9 heteroatoms. The molecule has 0 spiro atoms. The Hall–Kier alpha value is -2.55. The molecule has 0 bridgehead atoms. The van der Waals surface area contributed by atoms with Crippen LogP contribution in [0.15, 0.2) is 42.5 Å². The van der Waals surface area contributed by atoms with Crippen LogP contribution in [0.4, 0.5) is 17.1 Å². The normalized spacial score (nSPS) is 16.0. The predicted octanol–water partition coefficient (Wildman–Crippen LogP) is 2.39. The molecule has 2 aromatic carbocycles. The molecule has 8 nitrogen and oxygen atoms in total. The number of rotatable bonds is 7. The Balaban J connectivity index is 1.44. The van der Waals surface area contributed by atoms with Crippen LogP contribution in [-0.4, -0.2) is 60.4 Å². The first-order valence-corrected chi connectivity index (χ1v) is 9.38. The lowest BCUT2D eigenvalue weighted by Gasteiger charge is -2.36. The first kappa shape index (κ1) is 20.2. The number of hydrogen-bond donors (Lipinski definition) is 2. The third kappa shape index (κ3) is 5.25. The first-order valence-electron chi connectivity index (χ1n) is 9.00. The van der Waals surface area contributed by atoms with Crippen LogP contribution in [0, 0.1) is 10.1 Å². The number of β-amino-alcohol motifs (C(OH)–C–C–N with tert-alkyl or cyclic N) is 1. The number of nitro benzene ring substituents is 1. The number of nitrogens with zero attached hydrogens (tertiary/aromatic N) is 3. The highest BCUT2D eigenvalue weighted by molar-refractivity contribution is 6.30. The second-order valence-corrected chi connectivity index (χ2v) is 7.14. The molecular formula is C19H23ClN4O4. The molecule has 1 heterocycles. The molecule has 1 aliphatic heterocycles. The maximum absolute atomic E-state index is 10.9. The minimum atomic E-state index is -0.696. The van der Waals surface area contributed by atoms with Gasteiger partial charge in [-0.1, -0.05) is 11.6 Å². The smallest absolute Gasteiger partial charge is 0.295 e. The average Bonchev–Trinajstić information content (AvgIpc) is 2.68. The van der Waals surface area contributed by atoms with Gasteiger partial charge in [-0.2, -0.15) is 0 Å². The summed E-state index contributed by atoms with van der Waals surface area (Å²) < 4.78 is 5.50. The number of hydrogen-bond acceptors (Lipinski definition) is 7. The Kier molecular flexibility index (Phi) is 6.56. The van der Waals surface area contributed by atoms with Crippen molar-refractivity contribution in [3.05, 3.63) is 57.6 Å². The zero-order valence-electron chi connectivity index (χ0n) is 15.3. The topological polar surface area (TPSA) is 105 Å². The molecule has 0 aromatic heterocycles. The Morgan fingerprint density at radius 1 is 1.18 bits per heavy atom. The molecule has 150 valence electrons. The van der Waals surface area contributed by atoms with Gasteiger partial charge in [0.15, 0.2) is 0 Å². The van der Waals surface area contributed by atoms with Gasteiger partial charge < -0.3 is 20.5 Å². The van der Waals surface area contributed by atoms with E-state index < -0.39 is 11.0 Å². The zero-order valence-corrected chi connectivity index (χ0v) is 16.1. The molecule has 0 saturated carbocycles. The van der Waals surface area contributed by atoms with Gasteiger partial charge >= 0.3 is 0 Å². The van der Waals surface area contributed by atoms with Gasteiger partial charge in [-0.25, -0.2) is 0 Å². The van der Waals surface area contributed by atoms with Crippen molar-refractivity contribution in [3.63, 3.8) is 0 Å². The second kappa shape index (κ2) is 9.09. The van der Waals surface area contributed by atoms with Crippen molar-refractivity contribution in [3.8, 4) is 5.75 Å². The van der Waals surface area contributed by atoms with E-state index in [0.29, 0.717) is 12.3 Å². The summed E-state index contributed by atoms with van der Waals surface area (Å²) in [6, 6.07) is 12.0. The van der Waals surface area contributed by atoms with Gasteiger partial charge in [0.2, 0.25) is 0 Å². The number of anilines is 2. The van der Waals surface area contributed by atoms with Crippen molar-refractivity contribution in [2.45, 2.75) is 6.10 Å². The quantitative estimate of drug-likeness (QED) is 0.413. The van der Waals surface area contributed by atoms with Crippen molar-refractivity contribution in [2.75, 3.05) is 50.0 Å². The molecule has 0 radical (unpaired) electrons. The first-order chi connectivity index (χ1) is 13.4. The van der Waals surface area contributed by atoms with E-state index in [1.807, 2.05) is 24.3 Å². The monoisotopic (exact) mass is 406 g/mol. The fourth-order valence-electron chi connectivity index (χ4n) is 3.16. The molecule has 2 aromatic rings. The van der Waals surface area contributed by atoms with E-state index in [1.165, 1.54) is 12.1 Å². The summed E-state index contributed by atoms with van der Waals surface area (Å²) in [5.74, 6) is 0.313. The molecule has 0 aliphatic carbocycles. The molecule has 28 heavy (non-hydrogen) atoms. The van der Waals surface area contributed by atoms with E-state index in [0.717, 1.165) is 36.9 Å². The Bertz CT molecular complexity index is 810. The van der Waals surface area contributed by atoms with Crippen LogP contribution in [0.5, 0.6) is 5.75 Å². The Morgan fingerprint density at radius 2 is 1.86 bits per heavy atom. The van der Waals surface area contributed by atoms with Crippen LogP contribution in [-0.2, 0) is 0 Å². The van der Waals surface area contributed by atoms with Crippen LogP contribution in [0.1, 0.15) is 0 Å². The van der Waals surface area contributed by atoms with Crippen LogP contribution in [0.25, 0.3) is 0 Å². The molecular weight excluding hydrogens is 384 g/mol. The molecule has 3 rings (SSSR count). The van der Waals surface area contributed by atoms with E-state index in [2.05, 4.69) is 9.80 Å². The van der Waals surface area contributed by atoms with Gasteiger partial charge in [0.25, 0.3) is 5.69 Å². The summed E-state index contributed by atoms with van der Waals surface area (Å²) in [4.78, 5) is 14.8. The van der Waals surface area contributed by atoms with Crippen LogP contribution < -0.4 is 15.4 Å². The number of ether oxygens (including phenoxy) is 1. The average molecular weight is 407 g/mol. The number of piperazine rings is 1. The summed E-state index contributed by atoms with van der Waals surface area (Å²) in [6.07, 6.45) is -0.696. The summed E-state index contributed by atoms with van der Waals surface area (Å²) in [5.41, 5.74) is 6.58.